The van der Waals surface area contributed by atoms with Crippen LogP contribution >= 0.6 is 0 Å². The molecule has 1 unspecified atom stereocenters. The molecule has 4 aromatic rings. The predicted octanol–water partition coefficient (Wildman–Crippen LogP) is 1.61. The third-order valence-electron chi connectivity index (χ3n) is 4.35. The summed E-state index contributed by atoms with van der Waals surface area (Å²) in [6.45, 7) is 4.43. The normalized spacial score (nSPS) is 12.2. The van der Waals surface area contributed by atoms with Crippen molar-refractivity contribution in [3.05, 3.63) is 75.1 Å². The number of benzene rings is 1. The molecule has 0 spiro atoms. The van der Waals surface area contributed by atoms with E-state index in [1.165, 1.54) is 24.4 Å². The molecule has 148 valence electrons. The largest absolute Gasteiger partial charge is 0.350 e. The van der Waals surface area contributed by atoms with Gasteiger partial charge in [0.1, 0.15) is 11.2 Å². The van der Waals surface area contributed by atoms with Gasteiger partial charge in [-0.1, -0.05) is 12.1 Å². The van der Waals surface area contributed by atoms with E-state index in [0.29, 0.717) is 6.54 Å². The number of hydrogen-bond donors (Lipinski definition) is 2. The van der Waals surface area contributed by atoms with Crippen LogP contribution in [0.3, 0.4) is 0 Å². The quantitative estimate of drug-likeness (QED) is 0.531. The van der Waals surface area contributed by atoms with Crippen LogP contribution in [0.5, 0.6) is 0 Å². The van der Waals surface area contributed by atoms with E-state index >= 15 is 0 Å². The number of anilines is 1. The maximum Gasteiger partial charge on any atom is 0.334 e. The highest BCUT2D eigenvalue weighted by atomic mass is 19.1. The molecule has 1 atom stereocenters. The molecular weight excluding hydrogens is 377 g/mol. The minimum atomic E-state index is -0.780. The fourth-order valence-corrected chi connectivity index (χ4v) is 3.04. The number of nitrogens with one attached hydrogen (secondary N) is 2. The lowest BCUT2D eigenvalue weighted by atomic mass is 10.3. The lowest BCUT2D eigenvalue weighted by molar-refractivity contribution is 0.555. The van der Waals surface area contributed by atoms with Gasteiger partial charge in [0.05, 0.1) is 17.9 Å². The van der Waals surface area contributed by atoms with Crippen LogP contribution in [0.15, 0.2) is 52.3 Å². The number of H-pyrrole nitrogens is 1. The zero-order chi connectivity index (χ0) is 20.5. The second kappa shape index (κ2) is 7.30. The van der Waals surface area contributed by atoms with Gasteiger partial charge in [0.15, 0.2) is 5.65 Å². The van der Waals surface area contributed by atoms with Crippen molar-refractivity contribution in [1.29, 1.82) is 0 Å². The number of aromatic nitrogens is 6. The molecule has 0 fully saturated rings. The number of para-hydroxylation sites is 1. The molecule has 3 aromatic heterocycles. The Kier molecular flexibility index (Phi) is 4.67. The van der Waals surface area contributed by atoms with Crippen LogP contribution in [0, 0.1) is 12.7 Å². The minimum absolute atomic E-state index is 0.0581. The molecular formula is C19H18FN7O2. The Bertz CT molecular complexity index is 1310. The molecule has 0 saturated heterocycles. The Morgan fingerprint density at radius 2 is 2.03 bits per heavy atom. The smallest absolute Gasteiger partial charge is 0.334 e. The molecule has 0 aliphatic rings. The molecule has 0 radical (unpaired) electrons. The highest BCUT2D eigenvalue weighted by Gasteiger charge is 2.15. The fourth-order valence-electron chi connectivity index (χ4n) is 3.04. The van der Waals surface area contributed by atoms with E-state index in [1.807, 2.05) is 26.1 Å². The molecule has 1 aromatic carbocycles. The lowest BCUT2D eigenvalue weighted by Crippen LogP contribution is -2.34. The first-order valence-corrected chi connectivity index (χ1v) is 8.96. The number of hydrogen-bond acceptors (Lipinski definition) is 6. The fraction of sp³-hybridized carbons (Fsp3) is 0.211. The summed E-state index contributed by atoms with van der Waals surface area (Å²) in [5.41, 5.74) is -0.612. The van der Waals surface area contributed by atoms with Gasteiger partial charge in [0, 0.05) is 18.4 Å². The first-order chi connectivity index (χ1) is 13.9. The van der Waals surface area contributed by atoms with E-state index in [-0.39, 0.29) is 28.7 Å². The number of aryl methyl sites for hydroxylation is 1. The van der Waals surface area contributed by atoms with Gasteiger partial charge in [0.2, 0.25) is 5.95 Å². The Labute approximate surface area is 163 Å². The molecule has 29 heavy (non-hydrogen) atoms. The Hall–Kier alpha value is -3.82. The summed E-state index contributed by atoms with van der Waals surface area (Å²) < 4.78 is 16.6. The maximum absolute atomic E-state index is 14.1. The van der Waals surface area contributed by atoms with E-state index < -0.39 is 17.1 Å². The Balaban J connectivity index is 1.67. The third-order valence-corrected chi connectivity index (χ3v) is 4.35. The van der Waals surface area contributed by atoms with Gasteiger partial charge in [-0.25, -0.2) is 18.7 Å². The van der Waals surface area contributed by atoms with Crippen LogP contribution in [-0.4, -0.2) is 35.3 Å². The maximum atomic E-state index is 14.1. The van der Waals surface area contributed by atoms with Gasteiger partial charge in [0.25, 0.3) is 5.56 Å². The highest BCUT2D eigenvalue weighted by molar-refractivity contribution is 5.73. The predicted molar refractivity (Wildman–Crippen MR) is 106 cm³/mol. The van der Waals surface area contributed by atoms with Gasteiger partial charge < -0.3 is 5.32 Å². The van der Waals surface area contributed by atoms with Gasteiger partial charge in [-0.3, -0.25) is 14.5 Å². The summed E-state index contributed by atoms with van der Waals surface area (Å²) >= 11 is 0. The van der Waals surface area contributed by atoms with Crippen LogP contribution in [0.25, 0.3) is 16.7 Å². The molecule has 0 saturated carbocycles. The van der Waals surface area contributed by atoms with E-state index in [1.54, 1.807) is 10.7 Å². The summed E-state index contributed by atoms with van der Waals surface area (Å²) in [5.74, 6) is -0.422. The van der Waals surface area contributed by atoms with Crippen LogP contribution in [0.4, 0.5) is 10.3 Å². The summed E-state index contributed by atoms with van der Waals surface area (Å²) in [7, 11) is 0. The standard InChI is InChI=1S/C19H18FN7O2/c1-11-7-8-26(25-11)10-12(2)22-18-21-9-13-16(23-18)24-19(29)27(17(13)28)15-6-4-3-5-14(15)20/h3-9,12H,10H2,1-2H3,(H2,21,22,23,24,29). The van der Waals surface area contributed by atoms with Crippen LogP contribution < -0.4 is 16.6 Å². The van der Waals surface area contributed by atoms with Crippen molar-refractivity contribution >= 4 is 17.0 Å². The minimum Gasteiger partial charge on any atom is -0.350 e. The van der Waals surface area contributed by atoms with Crippen LogP contribution in [0.1, 0.15) is 12.6 Å². The molecule has 2 N–H and O–H groups in total. The van der Waals surface area contributed by atoms with Crippen molar-refractivity contribution in [1.82, 2.24) is 29.3 Å². The topological polar surface area (TPSA) is 110 Å². The Morgan fingerprint density at radius 3 is 2.76 bits per heavy atom. The Morgan fingerprint density at radius 1 is 1.24 bits per heavy atom. The molecule has 4 rings (SSSR count). The molecule has 0 aliphatic heterocycles. The van der Waals surface area contributed by atoms with Crippen LogP contribution in [-0.2, 0) is 6.54 Å². The molecule has 0 aliphatic carbocycles. The first kappa shape index (κ1) is 18.5. The lowest BCUT2D eigenvalue weighted by Gasteiger charge is -2.14. The van der Waals surface area contributed by atoms with Crippen molar-refractivity contribution in [3.8, 4) is 5.69 Å². The number of rotatable bonds is 5. The van der Waals surface area contributed by atoms with E-state index in [9.17, 15) is 14.0 Å². The molecule has 0 bridgehead atoms. The monoisotopic (exact) mass is 395 g/mol. The number of halogens is 1. The van der Waals surface area contributed by atoms with E-state index in [4.69, 9.17) is 0 Å². The zero-order valence-electron chi connectivity index (χ0n) is 15.8. The van der Waals surface area contributed by atoms with Gasteiger partial charge >= 0.3 is 5.69 Å². The van der Waals surface area contributed by atoms with Gasteiger partial charge in [-0.2, -0.15) is 10.1 Å². The van der Waals surface area contributed by atoms with Crippen molar-refractivity contribution < 1.29 is 4.39 Å². The molecule has 10 heteroatoms. The van der Waals surface area contributed by atoms with Crippen LogP contribution in [0.2, 0.25) is 0 Å². The van der Waals surface area contributed by atoms with Crippen molar-refractivity contribution in [2.75, 3.05) is 5.32 Å². The van der Waals surface area contributed by atoms with E-state index in [0.717, 1.165) is 10.3 Å². The average Bonchev–Trinajstić information content (AvgIpc) is 3.07. The van der Waals surface area contributed by atoms with Crippen molar-refractivity contribution in [2.24, 2.45) is 0 Å². The molecule has 0 amide bonds. The third kappa shape index (κ3) is 3.64. The summed E-state index contributed by atoms with van der Waals surface area (Å²) in [6, 6.07) is 7.40. The average molecular weight is 395 g/mol. The van der Waals surface area contributed by atoms with E-state index in [2.05, 4.69) is 25.4 Å². The number of nitrogens with zero attached hydrogens (tertiary/aromatic N) is 5. The van der Waals surface area contributed by atoms with Gasteiger partial charge in [-0.15, -0.1) is 0 Å². The van der Waals surface area contributed by atoms with Crippen molar-refractivity contribution in [3.63, 3.8) is 0 Å². The molecule has 3 heterocycles. The summed E-state index contributed by atoms with van der Waals surface area (Å²) in [4.78, 5) is 36.1. The van der Waals surface area contributed by atoms with Crippen molar-refractivity contribution in [2.45, 2.75) is 26.4 Å². The second-order valence-corrected chi connectivity index (χ2v) is 6.70. The second-order valence-electron chi connectivity index (χ2n) is 6.70. The highest BCUT2D eigenvalue weighted by Crippen LogP contribution is 2.11. The van der Waals surface area contributed by atoms with Gasteiger partial charge in [-0.05, 0) is 32.0 Å². The number of aromatic amines is 1. The SMILES string of the molecule is Cc1ccn(CC(C)Nc2ncc3c(=O)n(-c4ccccc4F)c(=O)[nH]c3n2)n1. The summed E-state index contributed by atoms with van der Waals surface area (Å²) in [6.07, 6.45) is 3.18. The number of fused-ring (bicyclic) bond motifs is 1. The summed E-state index contributed by atoms with van der Waals surface area (Å²) in [5, 5.41) is 7.51. The molecule has 9 nitrogen and oxygen atoms in total. The first-order valence-electron chi connectivity index (χ1n) is 8.96. The zero-order valence-corrected chi connectivity index (χ0v) is 15.8.